The number of piperidine rings is 1. The molecule has 1 aliphatic rings. The van der Waals surface area contributed by atoms with Gasteiger partial charge in [-0.1, -0.05) is 36.1 Å². The van der Waals surface area contributed by atoms with E-state index in [1.807, 2.05) is 4.90 Å². The summed E-state index contributed by atoms with van der Waals surface area (Å²) in [5.74, 6) is 0.741. The second-order valence-corrected chi connectivity index (χ2v) is 8.83. The van der Waals surface area contributed by atoms with Gasteiger partial charge in [0.25, 0.3) is 11.6 Å². The SMILES string of the molecule is C=CCSc1nnc(NC(=O)c2ccc(N3CCC[C@H](C)C3)c([N+](=O)[O-])c2)s1. The highest BCUT2D eigenvalue weighted by molar-refractivity contribution is 8.01. The molecule has 1 fully saturated rings. The van der Waals surface area contributed by atoms with Crippen LogP contribution in [0.3, 0.4) is 0 Å². The number of nitrogens with one attached hydrogen (secondary N) is 1. The number of hydrogen-bond donors (Lipinski definition) is 1. The molecule has 1 atom stereocenters. The Labute approximate surface area is 171 Å². The number of nitro groups is 1. The molecule has 1 aliphatic heterocycles. The number of carbonyl (C=O) groups is 1. The fourth-order valence-electron chi connectivity index (χ4n) is 3.10. The third-order valence-corrected chi connectivity index (χ3v) is 6.35. The van der Waals surface area contributed by atoms with Crippen LogP contribution in [-0.4, -0.2) is 39.9 Å². The number of carbonyl (C=O) groups excluding carboxylic acids is 1. The summed E-state index contributed by atoms with van der Waals surface area (Å²) < 4.78 is 0.718. The molecule has 0 unspecified atom stereocenters. The molecule has 148 valence electrons. The van der Waals surface area contributed by atoms with Gasteiger partial charge in [-0.15, -0.1) is 16.8 Å². The molecule has 0 aliphatic carbocycles. The molecule has 8 nitrogen and oxygen atoms in total. The van der Waals surface area contributed by atoms with Gasteiger partial charge >= 0.3 is 0 Å². The number of amides is 1. The van der Waals surface area contributed by atoms with Crippen molar-refractivity contribution >= 4 is 45.5 Å². The smallest absolute Gasteiger partial charge is 0.293 e. The predicted octanol–water partition coefficient (Wildman–Crippen LogP) is 4.21. The Morgan fingerprint density at radius 2 is 2.36 bits per heavy atom. The Morgan fingerprint density at radius 3 is 3.07 bits per heavy atom. The van der Waals surface area contributed by atoms with Crippen LogP contribution in [0.15, 0.2) is 35.2 Å². The lowest BCUT2D eigenvalue weighted by atomic mass is 9.99. The van der Waals surface area contributed by atoms with Crippen LogP contribution in [0.4, 0.5) is 16.5 Å². The first-order valence-electron chi connectivity index (χ1n) is 8.90. The Bertz CT molecular complexity index is 886. The van der Waals surface area contributed by atoms with Crippen molar-refractivity contribution in [2.45, 2.75) is 24.1 Å². The molecule has 2 aromatic rings. The Kier molecular flexibility index (Phi) is 6.63. The molecule has 1 aromatic carbocycles. The van der Waals surface area contributed by atoms with Gasteiger partial charge in [-0.3, -0.25) is 20.2 Å². The number of nitro benzene ring substituents is 1. The van der Waals surface area contributed by atoms with Crippen LogP contribution in [0.2, 0.25) is 0 Å². The summed E-state index contributed by atoms with van der Waals surface area (Å²) in [6.45, 7) is 7.35. The predicted molar refractivity (Wildman–Crippen MR) is 112 cm³/mol. The van der Waals surface area contributed by atoms with Crippen molar-refractivity contribution in [1.82, 2.24) is 10.2 Å². The van der Waals surface area contributed by atoms with E-state index < -0.39 is 10.8 Å². The molecule has 0 spiro atoms. The van der Waals surface area contributed by atoms with Gasteiger partial charge < -0.3 is 4.90 Å². The van der Waals surface area contributed by atoms with E-state index in [9.17, 15) is 14.9 Å². The van der Waals surface area contributed by atoms with Crippen LogP contribution >= 0.6 is 23.1 Å². The summed E-state index contributed by atoms with van der Waals surface area (Å²) in [6, 6.07) is 4.61. The normalized spacial score (nSPS) is 16.6. The van der Waals surface area contributed by atoms with Crippen LogP contribution in [0.25, 0.3) is 0 Å². The largest absolute Gasteiger partial charge is 0.366 e. The van der Waals surface area contributed by atoms with E-state index >= 15 is 0 Å². The second-order valence-electron chi connectivity index (χ2n) is 6.58. The van der Waals surface area contributed by atoms with E-state index in [-0.39, 0.29) is 11.3 Å². The van der Waals surface area contributed by atoms with Crippen LogP contribution in [0, 0.1) is 16.0 Å². The minimum atomic E-state index is -0.446. The zero-order valence-corrected chi connectivity index (χ0v) is 17.1. The van der Waals surface area contributed by atoms with Gasteiger partial charge in [-0.2, -0.15) is 0 Å². The minimum absolute atomic E-state index is 0.0544. The quantitative estimate of drug-likeness (QED) is 0.236. The first-order chi connectivity index (χ1) is 13.5. The molecule has 0 saturated carbocycles. The fraction of sp³-hybridized carbons (Fsp3) is 0.389. The zero-order chi connectivity index (χ0) is 20.1. The van der Waals surface area contributed by atoms with Gasteiger partial charge in [0.1, 0.15) is 5.69 Å². The van der Waals surface area contributed by atoms with Crippen molar-refractivity contribution < 1.29 is 9.72 Å². The van der Waals surface area contributed by atoms with E-state index in [0.29, 0.717) is 22.5 Å². The van der Waals surface area contributed by atoms with E-state index in [1.54, 1.807) is 18.2 Å². The minimum Gasteiger partial charge on any atom is -0.366 e. The average Bonchev–Trinajstić information content (AvgIpc) is 3.13. The molecule has 0 radical (unpaired) electrons. The summed E-state index contributed by atoms with van der Waals surface area (Å²) in [6.07, 6.45) is 3.89. The molecule has 28 heavy (non-hydrogen) atoms. The number of anilines is 2. The number of hydrogen-bond acceptors (Lipinski definition) is 8. The number of aromatic nitrogens is 2. The molecule has 1 saturated heterocycles. The van der Waals surface area contributed by atoms with E-state index in [1.165, 1.54) is 29.2 Å². The number of rotatable bonds is 7. The van der Waals surface area contributed by atoms with E-state index in [4.69, 9.17) is 0 Å². The van der Waals surface area contributed by atoms with Gasteiger partial charge in [0, 0.05) is 30.5 Å². The lowest BCUT2D eigenvalue weighted by molar-refractivity contribution is -0.384. The van der Waals surface area contributed by atoms with Crippen LogP contribution < -0.4 is 10.2 Å². The van der Waals surface area contributed by atoms with Crippen molar-refractivity contribution in [2.24, 2.45) is 5.92 Å². The van der Waals surface area contributed by atoms with Crippen molar-refractivity contribution in [1.29, 1.82) is 0 Å². The number of nitrogens with zero attached hydrogens (tertiary/aromatic N) is 4. The highest BCUT2D eigenvalue weighted by Crippen LogP contribution is 2.33. The van der Waals surface area contributed by atoms with Crippen molar-refractivity contribution in [2.75, 3.05) is 29.1 Å². The average molecular weight is 420 g/mol. The van der Waals surface area contributed by atoms with Crippen molar-refractivity contribution in [3.05, 3.63) is 46.5 Å². The standard InChI is InChI=1S/C18H21N5O3S2/c1-3-9-27-18-21-20-17(28-18)19-16(24)13-6-7-14(15(10-13)23(25)26)22-8-4-5-12(2)11-22/h3,6-7,10,12H,1,4-5,8-9,11H2,2H3,(H,19,20,24)/t12-/m0/s1. The molecular weight excluding hydrogens is 398 g/mol. The van der Waals surface area contributed by atoms with E-state index in [0.717, 1.165) is 30.3 Å². The van der Waals surface area contributed by atoms with Crippen LogP contribution in [-0.2, 0) is 0 Å². The molecule has 3 rings (SSSR count). The Morgan fingerprint density at radius 1 is 1.54 bits per heavy atom. The molecule has 1 amide bonds. The summed E-state index contributed by atoms with van der Waals surface area (Å²) >= 11 is 2.72. The molecule has 0 bridgehead atoms. The number of thioether (sulfide) groups is 1. The van der Waals surface area contributed by atoms with Crippen LogP contribution in [0.5, 0.6) is 0 Å². The maximum Gasteiger partial charge on any atom is 0.293 e. The zero-order valence-electron chi connectivity index (χ0n) is 15.5. The Balaban J connectivity index is 1.77. The summed E-state index contributed by atoms with van der Waals surface area (Å²) in [4.78, 5) is 25.7. The summed E-state index contributed by atoms with van der Waals surface area (Å²) in [7, 11) is 0. The third kappa shape index (κ3) is 4.87. The maximum atomic E-state index is 12.5. The molecule has 2 heterocycles. The summed E-state index contributed by atoms with van der Waals surface area (Å²) in [5, 5.41) is 22.5. The highest BCUT2D eigenvalue weighted by Gasteiger charge is 2.25. The lowest BCUT2D eigenvalue weighted by Gasteiger charge is -2.32. The second kappa shape index (κ2) is 9.16. The van der Waals surface area contributed by atoms with Gasteiger partial charge in [0.15, 0.2) is 4.34 Å². The molecule has 1 N–H and O–H groups in total. The molecule has 10 heteroatoms. The van der Waals surface area contributed by atoms with Gasteiger partial charge in [0.2, 0.25) is 5.13 Å². The first kappa shape index (κ1) is 20.3. The fourth-order valence-corrected chi connectivity index (χ4v) is 4.61. The van der Waals surface area contributed by atoms with Crippen molar-refractivity contribution in [3.63, 3.8) is 0 Å². The van der Waals surface area contributed by atoms with E-state index in [2.05, 4.69) is 29.0 Å². The third-order valence-electron chi connectivity index (χ3n) is 4.38. The van der Waals surface area contributed by atoms with Gasteiger partial charge in [0.05, 0.1) is 4.92 Å². The van der Waals surface area contributed by atoms with Gasteiger partial charge in [-0.25, -0.2) is 0 Å². The number of benzene rings is 1. The lowest BCUT2D eigenvalue weighted by Crippen LogP contribution is -2.34. The maximum absolute atomic E-state index is 12.5. The van der Waals surface area contributed by atoms with Crippen LogP contribution in [0.1, 0.15) is 30.1 Å². The molecular formula is C18H21N5O3S2. The highest BCUT2D eigenvalue weighted by atomic mass is 32.2. The topological polar surface area (TPSA) is 101 Å². The first-order valence-corrected chi connectivity index (χ1v) is 10.7. The Hall–Kier alpha value is -2.46. The monoisotopic (exact) mass is 419 g/mol. The summed E-state index contributed by atoms with van der Waals surface area (Å²) in [5.41, 5.74) is 0.726. The van der Waals surface area contributed by atoms with Crippen molar-refractivity contribution in [3.8, 4) is 0 Å². The molecule has 1 aromatic heterocycles. The van der Waals surface area contributed by atoms with Gasteiger partial charge in [-0.05, 0) is 30.9 Å².